The minimum Gasteiger partial charge on any atom is -0.480 e. The van der Waals surface area contributed by atoms with Crippen molar-refractivity contribution in [2.24, 2.45) is 0 Å². The number of amides is 1. The Labute approximate surface area is 159 Å². The number of benzene rings is 1. The lowest BCUT2D eigenvalue weighted by molar-refractivity contribution is -0.138. The lowest BCUT2D eigenvalue weighted by Gasteiger charge is -2.38. The van der Waals surface area contributed by atoms with E-state index < -0.39 is 5.97 Å². The van der Waals surface area contributed by atoms with E-state index >= 15 is 0 Å². The number of likely N-dealkylation sites (N-methyl/N-ethyl adjacent to an activating group) is 1. The number of piperidine rings is 1. The molecule has 1 aliphatic rings. The van der Waals surface area contributed by atoms with Crippen molar-refractivity contribution in [3.63, 3.8) is 0 Å². The van der Waals surface area contributed by atoms with Crippen molar-refractivity contribution in [1.29, 1.82) is 0 Å². The van der Waals surface area contributed by atoms with Crippen LogP contribution in [0.15, 0.2) is 24.3 Å². The summed E-state index contributed by atoms with van der Waals surface area (Å²) in [7, 11) is 1.84. The first-order valence-electron chi connectivity index (χ1n) is 8.09. The van der Waals surface area contributed by atoms with Crippen LogP contribution in [-0.2, 0) is 9.59 Å². The normalized spacial score (nSPS) is 17.0. The monoisotopic (exact) mass is 389 g/mol. The molecule has 1 saturated heterocycles. The summed E-state index contributed by atoms with van der Waals surface area (Å²) < 4.78 is 0. The lowest BCUT2D eigenvalue weighted by atomic mass is 10.0. The van der Waals surface area contributed by atoms with E-state index in [0.717, 1.165) is 25.9 Å². The number of carboxylic acid groups (broad SMARTS) is 1. The van der Waals surface area contributed by atoms with E-state index in [1.165, 1.54) is 0 Å². The van der Waals surface area contributed by atoms with Gasteiger partial charge in [-0.1, -0.05) is 17.7 Å². The molecule has 0 bridgehead atoms. The number of likely N-dealkylation sites (tertiary alicyclic amines) is 1. The van der Waals surface area contributed by atoms with Crippen LogP contribution in [0.25, 0.3) is 0 Å². The van der Waals surface area contributed by atoms with E-state index in [2.05, 4.69) is 10.2 Å². The van der Waals surface area contributed by atoms with Crippen LogP contribution >= 0.6 is 24.0 Å². The van der Waals surface area contributed by atoms with Crippen LogP contribution in [0.2, 0.25) is 5.02 Å². The summed E-state index contributed by atoms with van der Waals surface area (Å²) in [5.74, 6) is -0.871. The standard InChI is InChI=1S/C17H24ClN3O3.ClH/c1-12(17(24)19-14-5-3-4-13(18)10-14)21-8-6-15(7-9-21)20(2)11-16(22)23;/h3-5,10,12,15H,6-9,11H2,1-2H3,(H,19,24)(H,22,23);1H. The third kappa shape index (κ3) is 6.47. The molecule has 25 heavy (non-hydrogen) atoms. The quantitative estimate of drug-likeness (QED) is 0.781. The number of aliphatic carboxylic acids is 1. The van der Waals surface area contributed by atoms with Gasteiger partial charge in [0.2, 0.25) is 5.91 Å². The predicted molar refractivity (Wildman–Crippen MR) is 102 cm³/mol. The fourth-order valence-electron chi connectivity index (χ4n) is 3.04. The maximum absolute atomic E-state index is 12.4. The van der Waals surface area contributed by atoms with Crippen LogP contribution < -0.4 is 5.32 Å². The molecule has 1 fully saturated rings. The number of carbonyl (C=O) groups is 2. The molecule has 2 N–H and O–H groups in total. The van der Waals surface area contributed by atoms with Gasteiger partial charge >= 0.3 is 5.97 Å². The van der Waals surface area contributed by atoms with Crippen LogP contribution in [-0.4, -0.2) is 65.5 Å². The summed E-state index contributed by atoms with van der Waals surface area (Å²) in [5, 5.41) is 12.3. The highest BCUT2D eigenvalue weighted by molar-refractivity contribution is 6.30. The Balaban J connectivity index is 0.00000312. The van der Waals surface area contributed by atoms with Gasteiger partial charge in [0, 0.05) is 29.8 Å². The molecule has 1 aliphatic heterocycles. The Kier molecular flexibility index (Phi) is 8.65. The van der Waals surface area contributed by atoms with Crippen molar-refractivity contribution < 1.29 is 14.7 Å². The zero-order chi connectivity index (χ0) is 17.7. The van der Waals surface area contributed by atoms with Gasteiger partial charge in [0.1, 0.15) is 0 Å². The van der Waals surface area contributed by atoms with Gasteiger partial charge in [-0.2, -0.15) is 0 Å². The highest BCUT2D eigenvalue weighted by atomic mass is 35.5. The van der Waals surface area contributed by atoms with E-state index in [1.54, 1.807) is 18.2 Å². The van der Waals surface area contributed by atoms with Crippen molar-refractivity contribution in [2.45, 2.75) is 31.8 Å². The van der Waals surface area contributed by atoms with Gasteiger partial charge in [-0.25, -0.2) is 0 Å². The lowest BCUT2D eigenvalue weighted by Crippen LogP contribution is -2.50. The minimum atomic E-state index is -0.811. The second kappa shape index (κ2) is 9.97. The molecule has 0 radical (unpaired) electrons. The number of carboxylic acids is 1. The molecule has 0 aromatic heterocycles. The summed E-state index contributed by atoms with van der Waals surface area (Å²) in [5.41, 5.74) is 0.690. The Morgan fingerprint density at radius 2 is 2.04 bits per heavy atom. The number of hydrogen-bond donors (Lipinski definition) is 2. The first kappa shape index (κ1) is 21.7. The molecule has 1 atom stereocenters. The fourth-order valence-corrected chi connectivity index (χ4v) is 3.23. The third-order valence-electron chi connectivity index (χ3n) is 4.53. The van der Waals surface area contributed by atoms with Crippen LogP contribution in [0.4, 0.5) is 5.69 Å². The molecular formula is C17H25Cl2N3O3. The van der Waals surface area contributed by atoms with E-state index in [4.69, 9.17) is 16.7 Å². The Hall–Kier alpha value is -1.34. The first-order chi connectivity index (χ1) is 11.4. The maximum Gasteiger partial charge on any atom is 0.317 e. The number of nitrogens with one attached hydrogen (secondary N) is 1. The molecule has 140 valence electrons. The Morgan fingerprint density at radius 1 is 1.40 bits per heavy atom. The van der Waals surface area contributed by atoms with Gasteiger partial charge in [0.15, 0.2) is 0 Å². The molecule has 0 spiro atoms. The molecule has 0 aliphatic carbocycles. The molecule has 2 rings (SSSR count). The summed E-state index contributed by atoms with van der Waals surface area (Å²) in [6, 6.07) is 7.10. The first-order valence-corrected chi connectivity index (χ1v) is 8.47. The SMILES string of the molecule is CC(C(=O)Nc1cccc(Cl)c1)N1CCC(N(C)CC(=O)O)CC1.Cl. The van der Waals surface area contributed by atoms with Gasteiger partial charge in [0.25, 0.3) is 0 Å². The van der Waals surface area contributed by atoms with Crippen molar-refractivity contribution in [3.8, 4) is 0 Å². The second-order valence-corrected chi connectivity index (χ2v) is 6.69. The van der Waals surface area contributed by atoms with Crippen LogP contribution in [0.3, 0.4) is 0 Å². The van der Waals surface area contributed by atoms with E-state index in [-0.39, 0.29) is 36.9 Å². The maximum atomic E-state index is 12.4. The zero-order valence-electron chi connectivity index (χ0n) is 14.4. The third-order valence-corrected chi connectivity index (χ3v) is 4.76. The zero-order valence-corrected chi connectivity index (χ0v) is 16.0. The molecule has 6 nitrogen and oxygen atoms in total. The molecule has 1 aromatic carbocycles. The van der Waals surface area contributed by atoms with Gasteiger partial charge in [-0.05, 0) is 45.0 Å². The van der Waals surface area contributed by atoms with Gasteiger partial charge in [-0.15, -0.1) is 12.4 Å². The largest absolute Gasteiger partial charge is 0.480 e. The Morgan fingerprint density at radius 3 is 2.60 bits per heavy atom. The van der Waals surface area contributed by atoms with Gasteiger partial charge < -0.3 is 10.4 Å². The average molecular weight is 390 g/mol. The highest BCUT2D eigenvalue weighted by Crippen LogP contribution is 2.19. The molecule has 1 heterocycles. The highest BCUT2D eigenvalue weighted by Gasteiger charge is 2.28. The summed E-state index contributed by atoms with van der Waals surface area (Å²) in [6.07, 6.45) is 1.72. The number of halogens is 2. The molecule has 0 saturated carbocycles. The molecule has 1 amide bonds. The van der Waals surface area contributed by atoms with Gasteiger partial charge in [-0.3, -0.25) is 19.4 Å². The topological polar surface area (TPSA) is 72.9 Å². The van der Waals surface area contributed by atoms with Gasteiger partial charge in [0.05, 0.1) is 12.6 Å². The smallest absolute Gasteiger partial charge is 0.317 e. The number of nitrogens with zero attached hydrogens (tertiary/aromatic N) is 2. The number of anilines is 1. The van der Waals surface area contributed by atoms with Crippen molar-refractivity contribution in [3.05, 3.63) is 29.3 Å². The second-order valence-electron chi connectivity index (χ2n) is 6.25. The number of carbonyl (C=O) groups excluding carboxylic acids is 1. The number of rotatable bonds is 6. The molecular weight excluding hydrogens is 365 g/mol. The average Bonchev–Trinajstić information content (AvgIpc) is 2.53. The van der Waals surface area contributed by atoms with E-state index in [0.29, 0.717) is 10.7 Å². The van der Waals surface area contributed by atoms with Crippen molar-refractivity contribution in [2.75, 3.05) is 32.0 Å². The van der Waals surface area contributed by atoms with Crippen LogP contribution in [0.5, 0.6) is 0 Å². The van der Waals surface area contributed by atoms with Crippen molar-refractivity contribution in [1.82, 2.24) is 9.80 Å². The summed E-state index contributed by atoms with van der Waals surface area (Å²) in [4.78, 5) is 27.2. The predicted octanol–water partition coefficient (Wildman–Crippen LogP) is 2.57. The molecule has 1 unspecified atom stereocenters. The van der Waals surface area contributed by atoms with Crippen LogP contribution in [0.1, 0.15) is 19.8 Å². The summed E-state index contributed by atoms with van der Waals surface area (Å²) >= 11 is 5.93. The fraction of sp³-hybridized carbons (Fsp3) is 0.529. The van der Waals surface area contributed by atoms with Crippen molar-refractivity contribution >= 4 is 41.6 Å². The molecule has 1 aromatic rings. The Bertz CT molecular complexity index is 592. The van der Waals surface area contributed by atoms with E-state index in [1.807, 2.05) is 24.9 Å². The number of hydrogen-bond acceptors (Lipinski definition) is 4. The van der Waals surface area contributed by atoms with Crippen LogP contribution in [0, 0.1) is 0 Å². The molecule has 8 heteroatoms. The van der Waals surface area contributed by atoms with E-state index in [9.17, 15) is 9.59 Å². The minimum absolute atomic E-state index is 0. The summed E-state index contributed by atoms with van der Waals surface area (Å²) in [6.45, 7) is 3.49.